The van der Waals surface area contributed by atoms with Gasteiger partial charge < -0.3 is 9.80 Å². The molecule has 1 aromatic heterocycles. The number of aromatic nitrogens is 1. The number of rotatable bonds is 2. The number of aryl methyl sites for hydroxylation is 1. The maximum absolute atomic E-state index is 4.13. The average molecular weight is 332 g/mol. The molecule has 0 unspecified atom stereocenters. The Morgan fingerprint density at radius 2 is 1.80 bits per heavy atom. The van der Waals surface area contributed by atoms with E-state index in [1.165, 1.54) is 16.9 Å². The Morgan fingerprint density at radius 1 is 1.05 bits per heavy atom. The van der Waals surface area contributed by atoms with Gasteiger partial charge in [0, 0.05) is 44.3 Å². The third-order valence-electron chi connectivity index (χ3n) is 3.74. The molecule has 1 saturated heterocycles. The van der Waals surface area contributed by atoms with E-state index in [2.05, 4.69) is 68.0 Å². The quantitative estimate of drug-likeness (QED) is 0.839. The summed E-state index contributed by atoms with van der Waals surface area (Å²) in [6, 6.07) is 10.8. The van der Waals surface area contributed by atoms with E-state index in [0.29, 0.717) is 0 Å². The molecule has 0 radical (unpaired) electrons. The van der Waals surface area contributed by atoms with E-state index in [1.54, 1.807) is 0 Å². The molecule has 3 nitrogen and oxygen atoms in total. The zero-order chi connectivity index (χ0) is 13.9. The normalized spacial score (nSPS) is 15.5. The molecule has 0 atom stereocenters. The van der Waals surface area contributed by atoms with Gasteiger partial charge in [0.15, 0.2) is 0 Å². The fourth-order valence-electron chi connectivity index (χ4n) is 2.65. The van der Waals surface area contributed by atoms with Gasteiger partial charge in [-0.05, 0) is 46.6 Å². The number of pyridine rings is 1. The number of benzene rings is 1. The van der Waals surface area contributed by atoms with E-state index in [0.717, 1.165) is 30.7 Å². The first-order valence-corrected chi connectivity index (χ1v) is 7.69. The van der Waals surface area contributed by atoms with Gasteiger partial charge in [-0.15, -0.1) is 0 Å². The first-order valence-electron chi connectivity index (χ1n) is 6.90. The van der Waals surface area contributed by atoms with Gasteiger partial charge in [0.1, 0.15) is 0 Å². The van der Waals surface area contributed by atoms with Crippen molar-refractivity contribution in [3.63, 3.8) is 0 Å². The molecule has 4 heteroatoms. The van der Waals surface area contributed by atoms with E-state index in [9.17, 15) is 0 Å². The Kier molecular flexibility index (Phi) is 3.92. The summed E-state index contributed by atoms with van der Waals surface area (Å²) in [5, 5.41) is 0. The molecule has 0 aliphatic carbocycles. The number of piperazine rings is 1. The Labute approximate surface area is 128 Å². The lowest BCUT2D eigenvalue weighted by Crippen LogP contribution is -2.46. The summed E-state index contributed by atoms with van der Waals surface area (Å²) in [7, 11) is 0. The highest BCUT2D eigenvalue weighted by atomic mass is 79.9. The molecule has 0 N–H and O–H groups in total. The Hall–Kier alpha value is -1.55. The molecule has 3 rings (SSSR count). The van der Waals surface area contributed by atoms with Crippen LogP contribution in [0.25, 0.3) is 0 Å². The smallest absolute Gasteiger partial charge is 0.0592 e. The maximum atomic E-state index is 4.13. The lowest BCUT2D eigenvalue weighted by molar-refractivity contribution is 0.652. The molecule has 0 amide bonds. The fraction of sp³-hybridized carbons (Fsp3) is 0.312. The Balaban J connectivity index is 1.70. The number of halogens is 1. The largest absolute Gasteiger partial charge is 0.368 e. The second-order valence-electron chi connectivity index (χ2n) is 5.14. The molecule has 0 saturated carbocycles. The van der Waals surface area contributed by atoms with Crippen molar-refractivity contribution in [2.24, 2.45) is 0 Å². The topological polar surface area (TPSA) is 19.4 Å². The summed E-state index contributed by atoms with van der Waals surface area (Å²) >= 11 is 3.58. The minimum absolute atomic E-state index is 1.04. The molecule has 1 aromatic carbocycles. The standard InChI is InChI=1S/C16H18BrN3/c1-13-3-2-4-14(11-13)19-7-9-20(10-8-19)16-5-6-18-12-15(16)17/h2-6,11-12H,7-10H2,1H3. The number of anilines is 2. The molecule has 1 fully saturated rings. The van der Waals surface area contributed by atoms with Crippen LogP contribution in [0.15, 0.2) is 47.2 Å². The van der Waals surface area contributed by atoms with Crippen molar-refractivity contribution in [2.75, 3.05) is 36.0 Å². The van der Waals surface area contributed by atoms with Gasteiger partial charge in [-0.25, -0.2) is 0 Å². The Morgan fingerprint density at radius 3 is 2.50 bits per heavy atom. The van der Waals surface area contributed by atoms with Gasteiger partial charge in [0.25, 0.3) is 0 Å². The summed E-state index contributed by atoms with van der Waals surface area (Å²) in [5.41, 5.74) is 3.89. The lowest BCUT2D eigenvalue weighted by Gasteiger charge is -2.37. The second kappa shape index (κ2) is 5.83. The molecule has 1 aliphatic rings. The minimum atomic E-state index is 1.04. The second-order valence-corrected chi connectivity index (χ2v) is 5.99. The highest BCUT2D eigenvalue weighted by molar-refractivity contribution is 9.10. The van der Waals surface area contributed by atoms with E-state index >= 15 is 0 Å². The molecule has 2 aromatic rings. The zero-order valence-corrected chi connectivity index (χ0v) is 13.2. The van der Waals surface area contributed by atoms with Crippen LogP contribution in [-0.4, -0.2) is 31.2 Å². The molecule has 104 valence electrons. The van der Waals surface area contributed by atoms with Crippen LogP contribution < -0.4 is 9.80 Å². The zero-order valence-electron chi connectivity index (χ0n) is 11.6. The van der Waals surface area contributed by atoms with Crippen molar-refractivity contribution in [3.05, 3.63) is 52.8 Å². The highest BCUT2D eigenvalue weighted by Crippen LogP contribution is 2.26. The third-order valence-corrected chi connectivity index (χ3v) is 4.35. The maximum Gasteiger partial charge on any atom is 0.0592 e. The first-order chi connectivity index (χ1) is 9.74. The van der Waals surface area contributed by atoms with Crippen LogP contribution in [0.3, 0.4) is 0 Å². The molecule has 0 spiro atoms. The predicted octanol–water partition coefficient (Wildman–Crippen LogP) is 3.48. The molecule has 0 bridgehead atoms. The molecule has 2 heterocycles. The van der Waals surface area contributed by atoms with Crippen molar-refractivity contribution in [1.82, 2.24) is 4.98 Å². The molecule has 1 aliphatic heterocycles. The summed E-state index contributed by atoms with van der Waals surface area (Å²) in [6.07, 6.45) is 3.72. The highest BCUT2D eigenvalue weighted by Gasteiger charge is 2.18. The van der Waals surface area contributed by atoms with E-state index in [1.807, 2.05) is 12.4 Å². The predicted molar refractivity (Wildman–Crippen MR) is 87.5 cm³/mol. The summed E-state index contributed by atoms with van der Waals surface area (Å²) < 4.78 is 1.07. The summed E-state index contributed by atoms with van der Waals surface area (Å²) in [4.78, 5) is 9.00. The molecular formula is C16H18BrN3. The van der Waals surface area contributed by atoms with Crippen LogP contribution >= 0.6 is 15.9 Å². The number of hydrogen-bond donors (Lipinski definition) is 0. The van der Waals surface area contributed by atoms with Gasteiger partial charge in [0.05, 0.1) is 10.2 Å². The average Bonchev–Trinajstić information content (AvgIpc) is 2.48. The van der Waals surface area contributed by atoms with Crippen molar-refractivity contribution in [3.8, 4) is 0 Å². The van der Waals surface area contributed by atoms with Crippen molar-refractivity contribution in [1.29, 1.82) is 0 Å². The molecular weight excluding hydrogens is 314 g/mol. The van der Waals surface area contributed by atoms with E-state index in [-0.39, 0.29) is 0 Å². The summed E-state index contributed by atoms with van der Waals surface area (Å²) in [6.45, 7) is 6.33. The minimum Gasteiger partial charge on any atom is -0.368 e. The van der Waals surface area contributed by atoms with Crippen LogP contribution in [0.5, 0.6) is 0 Å². The van der Waals surface area contributed by atoms with Crippen molar-refractivity contribution >= 4 is 27.3 Å². The Bertz CT molecular complexity index is 592. The third kappa shape index (κ3) is 2.80. The monoisotopic (exact) mass is 331 g/mol. The SMILES string of the molecule is Cc1cccc(N2CCN(c3ccncc3Br)CC2)c1. The lowest BCUT2D eigenvalue weighted by atomic mass is 10.2. The van der Waals surface area contributed by atoms with Crippen LogP contribution in [0.4, 0.5) is 11.4 Å². The number of hydrogen-bond acceptors (Lipinski definition) is 3. The van der Waals surface area contributed by atoms with Crippen LogP contribution in [-0.2, 0) is 0 Å². The van der Waals surface area contributed by atoms with Crippen molar-refractivity contribution in [2.45, 2.75) is 6.92 Å². The van der Waals surface area contributed by atoms with E-state index in [4.69, 9.17) is 0 Å². The van der Waals surface area contributed by atoms with Crippen LogP contribution in [0.2, 0.25) is 0 Å². The number of nitrogens with zero attached hydrogens (tertiary/aromatic N) is 3. The van der Waals surface area contributed by atoms with Crippen LogP contribution in [0.1, 0.15) is 5.56 Å². The van der Waals surface area contributed by atoms with Crippen molar-refractivity contribution < 1.29 is 0 Å². The van der Waals surface area contributed by atoms with Gasteiger partial charge in [-0.1, -0.05) is 12.1 Å². The van der Waals surface area contributed by atoms with Gasteiger partial charge in [0.2, 0.25) is 0 Å². The van der Waals surface area contributed by atoms with Gasteiger partial charge in [-0.2, -0.15) is 0 Å². The van der Waals surface area contributed by atoms with E-state index < -0.39 is 0 Å². The van der Waals surface area contributed by atoms with Crippen LogP contribution in [0, 0.1) is 6.92 Å². The van der Waals surface area contributed by atoms with Gasteiger partial charge in [-0.3, -0.25) is 4.98 Å². The fourth-order valence-corrected chi connectivity index (χ4v) is 3.16. The molecule has 20 heavy (non-hydrogen) atoms. The van der Waals surface area contributed by atoms with Gasteiger partial charge >= 0.3 is 0 Å². The summed E-state index contributed by atoms with van der Waals surface area (Å²) in [5.74, 6) is 0. The first kappa shape index (κ1) is 13.4.